The van der Waals surface area contributed by atoms with Crippen LogP contribution < -0.4 is 0 Å². The fourth-order valence-corrected chi connectivity index (χ4v) is 6.89. The number of hydrogen-bond donors (Lipinski definition) is 0. The summed E-state index contributed by atoms with van der Waals surface area (Å²) < 4.78 is 18.2. The number of cyclic esters (lactones) is 2. The van der Waals surface area contributed by atoms with E-state index in [9.17, 15) is 9.59 Å². The predicted molar refractivity (Wildman–Crippen MR) is 112 cm³/mol. The molecule has 5 rings (SSSR count). The number of carbonyl (C=O) groups is 2. The summed E-state index contributed by atoms with van der Waals surface area (Å²) in [5, 5.41) is 0. The summed E-state index contributed by atoms with van der Waals surface area (Å²) in [5.41, 5.74) is 1.71. The quantitative estimate of drug-likeness (QED) is 0.530. The van der Waals surface area contributed by atoms with Gasteiger partial charge >= 0.3 is 12.1 Å². The van der Waals surface area contributed by atoms with Crippen molar-refractivity contribution in [2.45, 2.75) is 58.1 Å². The highest BCUT2D eigenvalue weighted by atomic mass is 16.7. The Kier molecular flexibility index (Phi) is 4.75. The monoisotopic (exact) mass is 426 g/mol. The van der Waals surface area contributed by atoms with Gasteiger partial charge in [0.15, 0.2) is 0 Å². The van der Waals surface area contributed by atoms with Crippen LogP contribution in [-0.4, -0.2) is 41.0 Å². The summed E-state index contributed by atoms with van der Waals surface area (Å²) in [4.78, 5) is 28.4. The fourth-order valence-electron chi connectivity index (χ4n) is 6.89. The third-order valence-electron chi connectivity index (χ3n) is 8.51. The lowest BCUT2D eigenvalue weighted by atomic mass is 9.45. The summed E-state index contributed by atoms with van der Waals surface area (Å²) in [5.74, 6) is 0.323. The number of aromatic nitrogens is 2. The van der Waals surface area contributed by atoms with Crippen molar-refractivity contribution in [3.8, 4) is 0 Å². The second-order valence-corrected chi connectivity index (χ2v) is 10.0. The van der Waals surface area contributed by atoms with Gasteiger partial charge in [-0.25, -0.2) is 14.6 Å². The molecule has 1 aromatic rings. The third kappa shape index (κ3) is 3.12. The molecular formula is C24H30N2O5. The Morgan fingerprint density at radius 3 is 2.81 bits per heavy atom. The van der Waals surface area contributed by atoms with Gasteiger partial charge in [-0.1, -0.05) is 26.0 Å². The van der Waals surface area contributed by atoms with E-state index in [1.54, 1.807) is 12.5 Å². The molecule has 1 aromatic heterocycles. The fraction of sp³-hybridized carbons (Fsp3) is 0.625. The summed E-state index contributed by atoms with van der Waals surface area (Å²) in [6.07, 6.45) is 11.2. The lowest BCUT2D eigenvalue weighted by Crippen LogP contribution is -2.60. The van der Waals surface area contributed by atoms with Crippen molar-refractivity contribution >= 4 is 12.1 Å². The zero-order valence-electron chi connectivity index (χ0n) is 18.2. The van der Waals surface area contributed by atoms with Crippen LogP contribution in [0.4, 0.5) is 4.79 Å². The van der Waals surface area contributed by atoms with Crippen LogP contribution in [0.2, 0.25) is 0 Å². The van der Waals surface area contributed by atoms with E-state index in [1.807, 2.05) is 16.8 Å². The van der Waals surface area contributed by atoms with Gasteiger partial charge in [0, 0.05) is 17.8 Å². The number of allylic oxidation sites excluding steroid dienone is 1. The van der Waals surface area contributed by atoms with E-state index in [0.717, 1.165) is 32.1 Å². The number of hydrogen-bond acceptors (Lipinski definition) is 6. The Morgan fingerprint density at radius 1 is 1.26 bits per heavy atom. The zero-order valence-corrected chi connectivity index (χ0v) is 18.2. The summed E-state index contributed by atoms with van der Waals surface area (Å²) >= 11 is 0. The van der Waals surface area contributed by atoms with Gasteiger partial charge in [0.05, 0.1) is 17.9 Å². The maximum Gasteiger partial charge on any atom is 0.508 e. The molecule has 0 amide bonds. The summed E-state index contributed by atoms with van der Waals surface area (Å²) in [6, 6.07) is -0.138. The first-order valence-corrected chi connectivity index (χ1v) is 11.2. The maximum absolute atomic E-state index is 12.5. The molecule has 2 aliphatic carbocycles. The van der Waals surface area contributed by atoms with Gasteiger partial charge in [0.2, 0.25) is 0 Å². The summed E-state index contributed by atoms with van der Waals surface area (Å²) in [7, 11) is 0. The molecule has 3 unspecified atom stereocenters. The van der Waals surface area contributed by atoms with E-state index in [-0.39, 0.29) is 34.9 Å². The molecule has 3 fully saturated rings. The predicted octanol–water partition coefficient (Wildman–Crippen LogP) is 4.22. The number of rotatable bonds is 4. The van der Waals surface area contributed by atoms with Crippen molar-refractivity contribution in [1.82, 2.24) is 9.55 Å². The molecule has 0 bridgehead atoms. The normalized spacial score (nSPS) is 38.3. The molecule has 0 radical (unpaired) electrons. The van der Waals surface area contributed by atoms with Gasteiger partial charge in [0.25, 0.3) is 0 Å². The van der Waals surface area contributed by atoms with Crippen LogP contribution in [0.1, 0.15) is 52.0 Å². The molecule has 0 N–H and O–H groups in total. The van der Waals surface area contributed by atoms with Crippen molar-refractivity contribution < 1.29 is 23.8 Å². The SMILES string of the molecule is C=C1CCC2[C@]3(C)COC(=O)OC3CC[C@]2(C)[C@@H]1CC(C1=CCOC1=O)n1ccnc1. The first-order valence-electron chi connectivity index (χ1n) is 11.2. The molecule has 7 nitrogen and oxygen atoms in total. The largest absolute Gasteiger partial charge is 0.508 e. The van der Waals surface area contributed by atoms with Crippen LogP contribution in [0.3, 0.4) is 0 Å². The molecule has 4 aliphatic rings. The average molecular weight is 427 g/mol. The molecule has 0 aromatic carbocycles. The van der Waals surface area contributed by atoms with E-state index in [1.165, 1.54) is 5.57 Å². The second-order valence-electron chi connectivity index (χ2n) is 10.0. The zero-order chi connectivity index (χ0) is 21.8. The number of carbonyl (C=O) groups excluding carboxylic acids is 2. The van der Waals surface area contributed by atoms with Crippen molar-refractivity contribution in [3.05, 3.63) is 42.5 Å². The van der Waals surface area contributed by atoms with Crippen LogP contribution in [0.5, 0.6) is 0 Å². The number of fused-ring (bicyclic) bond motifs is 3. The minimum Gasteiger partial charge on any atom is -0.458 e. The summed E-state index contributed by atoms with van der Waals surface area (Å²) in [6.45, 7) is 9.77. The molecule has 6 atom stereocenters. The van der Waals surface area contributed by atoms with Crippen LogP contribution in [0.25, 0.3) is 0 Å². The van der Waals surface area contributed by atoms with E-state index >= 15 is 0 Å². The first-order chi connectivity index (χ1) is 14.8. The number of nitrogens with zero attached hydrogens (tertiary/aromatic N) is 2. The van der Waals surface area contributed by atoms with Crippen molar-refractivity contribution in [1.29, 1.82) is 0 Å². The smallest absolute Gasteiger partial charge is 0.458 e. The van der Waals surface area contributed by atoms with Gasteiger partial charge in [-0.15, -0.1) is 0 Å². The molecule has 0 spiro atoms. The van der Waals surface area contributed by atoms with E-state index in [4.69, 9.17) is 14.2 Å². The van der Waals surface area contributed by atoms with Crippen molar-refractivity contribution in [2.75, 3.05) is 13.2 Å². The average Bonchev–Trinajstić information content (AvgIpc) is 3.41. The van der Waals surface area contributed by atoms with E-state index in [0.29, 0.717) is 24.7 Å². The lowest BCUT2D eigenvalue weighted by Gasteiger charge is -2.61. The molecule has 2 saturated carbocycles. The molecule has 1 saturated heterocycles. The highest BCUT2D eigenvalue weighted by molar-refractivity contribution is 5.91. The topological polar surface area (TPSA) is 79.7 Å². The Balaban J connectivity index is 1.49. The van der Waals surface area contributed by atoms with Crippen LogP contribution in [0, 0.1) is 22.7 Å². The highest BCUT2D eigenvalue weighted by Crippen LogP contribution is 2.63. The number of ether oxygens (including phenoxy) is 3. The molecule has 2 aliphatic heterocycles. The Labute approximate surface area is 182 Å². The second kappa shape index (κ2) is 7.24. The number of imidazole rings is 1. The van der Waals surface area contributed by atoms with Crippen molar-refractivity contribution in [2.24, 2.45) is 22.7 Å². The molecule has 3 heterocycles. The standard InChI is InChI=1S/C24H30N2O5/c1-15-4-5-19-23(2,8-6-20-24(19,3)13-30-22(28)31-20)17(15)12-18(26-10-9-25-14-26)16-7-11-29-21(16)27/h7,9-10,14,17-20H,1,4-6,8,11-13H2,2-3H3/t17-,18?,19?,20?,23-,24+/m1/s1. The van der Waals surface area contributed by atoms with Crippen LogP contribution >= 0.6 is 0 Å². The highest BCUT2D eigenvalue weighted by Gasteiger charge is 2.61. The van der Waals surface area contributed by atoms with E-state index in [2.05, 4.69) is 25.4 Å². The molecule has 166 valence electrons. The van der Waals surface area contributed by atoms with Gasteiger partial charge in [-0.2, -0.15) is 0 Å². The Morgan fingerprint density at radius 2 is 2.10 bits per heavy atom. The van der Waals surface area contributed by atoms with E-state index < -0.39 is 6.16 Å². The lowest BCUT2D eigenvalue weighted by molar-refractivity contribution is -0.193. The Bertz CT molecular complexity index is 938. The van der Waals surface area contributed by atoms with Gasteiger partial charge in [-0.05, 0) is 55.4 Å². The van der Waals surface area contributed by atoms with Crippen LogP contribution in [0.15, 0.2) is 42.5 Å². The molecular weight excluding hydrogens is 396 g/mol. The minimum atomic E-state index is -0.547. The third-order valence-corrected chi connectivity index (χ3v) is 8.51. The minimum absolute atomic E-state index is 0.0183. The van der Waals surface area contributed by atoms with Gasteiger partial charge in [0.1, 0.15) is 19.3 Å². The van der Waals surface area contributed by atoms with Crippen LogP contribution in [-0.2, 0) is 19.0 Å². The number of esters is 1. The first kappa shape index (κ1) is 20.3. The Hall–Kier alpha value is -2.57. The van der Waals surface area contributed by atoms with Gasteiger partial charge in [-0.3, -0.25) is 0 Å². The molecule has 31 heavy (non-hydrogen) atoms. The molecule has 7 heteroatoms. The van der Waals surface area contributed by atoms with Crippen molar-refractivity contribution in [3.63, 3.8) is 0 Å². The maximum atomic E-state index is 12.5. The van der Waals surface area contributed by atoms with Gasteiger partial charge < -0.3 is 18.8 Å².